The highest BCUT2D eigenvalue weighted by atomic mass is 127. The number of hydrogen-bond donors (Lipinski definition) is 2. The summed E-state index contributed by atoms with van der Waals surface area (Å²) in [6.45, 7) is 0.394. The largest absolute Gasteiger partial charge is 0.387 e. The summed E-state index contributed by atoms with van der Waals surface area (Å²) in [5.74, 6) is 0.698. The third-order valence-corrected chi connectivity index (χ3v) is 6.41. The summed E-state index contributed by atoms with van der Waals surface area (Å²) in [7, 11) is 0. The van der Waals surface area contributed by atoms with Gasteiger partial charge in [0.25, 0.3) is 0 Å². The number of benzene rings is 2. The lowest BCUT2D eigenvalue weighted by atomic mass is 10.1. The van der Waals surface area contributed by atoms with Crippen molar-refractivity contribution in [2.24, 2.45) is 0 Å². The molecule has 1 heterocycles. The Balaban J connectivity index is 1.72. The first-order valence-corrected chi connectivity index (χ1v) is 9.53. The molecule has 4 nitrogen and oxygen atoms in total. The molecule has 3 rings (SSSR count). The summed E-state index contributed by atoms with van der Waals surface area (Å²) in [6.07, 6.45) is 0.959. The van der Waals surface area contributed by atoms with Crippen LogP contribution in [0.15, 0.2) is 60.9 Å². The first-order chi connectivity index (χ1) is 11.6. The number of nitrogens with zero attached hydrogens (tertiary/aromatic N) is 2. The molecule has 1 atom stereocenters. The van der Waals surface area contributed by atoms with Gasteiger partial charge in [-0.05, 0) is 62.9 Å². The van der Waals surface area contributed by atoms with Gasteiger partial charge in [-0.2, -0.15) is 0 Å². The molecule has 0 spiro atoms. The van der Waals surface area contributed by atoms with Crippen molar-refractivity contribution in [1.29, 1.82) is 0 Å². The molecule has 24 heavy (non-hydrogen) atoms. The molecule has 3 aromatic rings. The van der Waals surface area contributed by atoms with Crippen LogP contribution < -0.4 is 5.32 Å². The zero-order chi connectivity index (χ0) is 16.9. The second-order valence-electron chi connectivity index (χ2n) is 5.22. The lowest BCUT2D eigenvalue weighted by Gasteiger charge is -2.13. The van der Waals surface area contributed by atoms with E-state index in [0.29, 0.717) is 12.4 Å². The second-order valence-corrected chi connectivity index (χ2v) is 7.55. The fraction of sp³-hybridized carbons (Fsp3) is 0.111. The number of anilines is 1. The average Bonchev–Trinajstić information content (AvgIpc) is 2.63. The van der Waals surface area contributed by atoms with Gasteiger partial charge in [0.05, 0.1) is 11.8 Å². The van der Waals surface area contributed by atoms with Crippen molar-refractivity contribution in [3.05, 3.63) is 73.6 Å². The summed E-state index contributed by atoms with van der Waals surface area (Å²) in [4.78, 5) is 8.58. The minimum Gasteiger partial charge on any atom is -0.387 e. The zero-order valence-corrected chi connectivity index (χ0v) is 17.0. The van der Waals surface area contributed by atoms with Gasteiger partial charge >= 0.3 is 0 Å². The minimum atomic E-state index is -0.580. The maximum atomic E-state index is 10.2. The van der Waals surface area contributed by atoms with E-state index in [1.807, 2.05) is 36.4 Å². The van der Waals surface area contributed by atoms with Crippen molar-refractivity contribution in [2.75, 3.05) is 11.9 Å². The van der Waals surface area contributed by atoms with Crippen LogP contribution in [-0.2, 0) is 0 Å². The van der Waals surface area contributed by atoms with Gasteiger partial charge < -0.3 is 10.4 Å². The summed E-state index contributed by atoms with van der Waals surface area (Å²) in [5.41, 5.74) is 2.79. The van der Waals surface area contributed by atoms with Crippen LogP contribution in [0.3, 0.4) is 0 Å². The number of hydrogen-bond acceptors (Lipinski definition) is 4. The Bertz CT molecular complexity index is 828. The number of rotatable bonds is 5. The quantitative estimate of drug-likeness (QED) is 0.466. The van der Waals surface area contributed by atoms with Gasteiger partial charge in [-0.25, -0.2) is 9.97 Å². The molecule has 0 amide bonds. The summed E-state index contributed by atoms with van der Waals surface area (Å²) in [5, 5.41) is 13.4. The first kappa shape index (κ1) is 17.6. The monoisotopic (exact) mass is 543 g/mol. The van der Waals surface area contributed by atoms with Crippen LogP contribution >= 0.6 is 45.2 Å². The fourth-order valence-corrected chi connectivity index (χ4v) is 3.11. The topological polar surface area (TPSA) is 58.0 Å². The molecule has 0 aliphatic rings. The summed E-state index contributed by atoms with van der Waals surface area (Å²) in [6, 6.07) is 17.7. The first-order valence-electron chi connectivity index (χ1n) is 7.38. The summed E-state index contributed by atoms with van der Waals surface area (Å²) < 4.78 is 2.41. The van der Waals surface area contributed by atoms with Crippen LogP contribution in [0.2, 0.25) is 0 Å². The number of halogens is 2. The van der Waals surface area contributed by atoms with E-state index in [-0.39, 0.29) is 0 Å². The molecule has 1 unspecified atom stereocenters. The second kappa shape index (κ2) is 8.21. The van der Waals surface area contributed by atoms with E-state index >= 15 is 0 Å². The molecule has 0 saturated carbocycles. The van der Waals surface area contributed by atoms with Crippen molar-refractivity contribution in [3.8, 4) is 11.3 Å². The van der Waals surface area contributed by atoms with Gasteiger partial charge in [-0.3, -0.25) is 0 Å². The van der Waals surface area contributed by atoms with Crippen molar-refractivity contribution in [1.82, 2.24) is 9.97 Å². The molecule has 0 fully saturated rings. The highest BCUT2D eigenvalue weighted by molar-refractivity contribution is 14.1. The van der Waals surface area contributed by atoms with E-state index in [9.17, 15) is 5.11 Å². The molecule has 0 saturated heterocycles. The average molecular weight is 543 g/mol. The van der Waals surface area contributed by atoms with E-state index in [4.69, 9.17) is 0 Å². The Labute approximate surface area is 168 Å². The van der Waals surface area contributed by atoms with E-state index in [1.165, 1.54) is 13.5 Å². The van der Waals surface area contributed by atoms with E-state index in [0.717, 1.165) is 16.8 Å². The Morgan fingerprint density at radius 3 is 2.50 bits per heavy atom. The van der Waals surface area contributed by atoms with Gasteiger partial charge in [0.15, 0.2) is 0 Å². The molecule has 122 valence electrons. The lowest BCUT2D eigenvalue weighted by molar-refractivity contribution is 0.191. The molecule has 2 N–H and O–H groups in total. The fourth-order valence-electron chi connectivity index (χ4n) is 2.26. The van der Waals surface area contributed by atoms with Gasteiger partial charge in [0.1, 0.15) is 12.1 Å². The molecule has 0 radical (unpaired) electrons. The van der Waals surface area contributed by atoms with Crippen molar-refractivity contribution in [2.45, 2.75) is 6.10 Å². The predicted molar refractivity (Wildman–Crippen MR) is 113 cm³/mol. The number of aliphatic hydroxyl groups is 1. The molecular formula is C18H15I2N3O. The standard InChI is InChI=1S/C18H15I2N3O/c19-14-7-6-13(8-15(14)20)16-9-18(23-11-22-16)21-10-17(24)12-4-2-1-3-5-12/h1-9,11,17,24H,10H2,(H,21,22,23). The molecule has 0 aliphatic heterocycles. The SMILES string of the molecule is OC(CNc1cc(-c2ccc(I)c(I)c2)ncn1)c1ccccc1. The van der Waals surface area contributed by atoms with E-state index in [2.05, 4.69) is 78.7 Å². The number of aliphatic hydroxyl groups excluding tert-OH is 1. The van der Waals surface area contributed by atoms with Crippen LogP contribution in [0.25, 0.3) is 11.3 Å². The third-order valence-electron chi connectivity index (χ3n) is 3.54. The Kier molecular flexibility index (Phi) is 6.01. The van der Waals surface area contributed by atoms with Gasteiger partial charge in [-0.15, -0.1) is 0 Å². The maximum absolute atomic E-state index is 10.2. The third kappa shape index (κ3) is 4.42. The highest BCUT2D eigenvalue weighted by Crippen LogP contribution is 2.24. The van der Waals surface area contributed by atoms with Crippen LogP contribution in [0.1, 0.15) is 11.7 Å². The van der Waals surface area contributed by atoms with Crippen LogP contribution in [0.4, 0.5) is 5.82 Å². The number of aromatic nitrogens is 2. The van der Waals surface area contributed by atoms with Crippen molar-refractivity contribution in [3.63, 3.8) is 0 Å². The van der Waals surface area contributed by atoms with Gasteiger partial charge in [-0.1, -0.05) is 36.4 Å². The van der Waals surface area contributed by atoms with E-state index in [1.54, 1.807) is 0 Å². The highest BCUT2D eigenvalue weighted by Gasteiger charge is 2.08. The Hall–Kier alpha value is -1.26. The maximum Gasteiger partial charge on any atom is 0.130 e. The normalized spacial score (nSPS) is 12.0. The molecular weight excluding hydrogens is 528 g/mol. The smallest absolute Gasteiger partial charge is 0.130 e. The molecule has 6 heteroatoms. The lowest BCUT2D eigenvalue weighted by Crippen LogP contribution is -2.13. The van der Waals surface area contributed by atoms with Crippen LogP contribution in [0, 0.1) is 7.14 Å². The Morgan fingerprint density at radius 2 is 1.75 bits per heavy atom. The van der Waals surface area contributed by atoms with E-state index < -0.39 is 6.10 Å². The number of nitrogens with one attached hydrogen (secondary N) is 1. The van der Waals surface area contributed by atoms with Gasteiger partial charge in [0.2, 0.25) is 0 Å². The predicted octanol–water partition coefficient (Wildman–Crippen LogP) is 4.50. The Morgan fingerprint density at radius 1 is 0.958 bits per heavy atom. The minimum absolute atomic E-state index is 0.394. The summed E-state index contributed by atoms with van der Waals surface area (Å²) >= 11 is 4.63. The van der Waals surface area contributed by atoms with Crippen molar-refractivity contribution >= 4 is 51.0 Å². The molecule has 0 bridgehead atoms. The van der Waals surface area contributed by atoms with Crippen LogP contribution in [-0.4, -0.2) is 21.6 Å². The molecule has 1 aromatic heterocycles. The zero-order valence-electron chi connectivity index (χ0n) is 12.7. The molecule has 0 aliphatic carbocycles. The van der Waals surface area contributed by atoms with Gasteiger partial charge in [0, 0.05) is 25.3 Å². The molecule has 2 aromatic carbocycles. The van der Waals surface area contributed by atoms with Crippen molar-refractivity contribution < 1.29 is 5.11 Å². The van der Waals surface area contributed by atoms with Crippen LogP contribution in [0.5, 0.6) is 0 Å².